The lowest BCUT2D eigenvalue weighted by molar-refractivity contribution is -0.140. The molecule has 38 heavy (non-hydrogen) atoms. The van der Waals surface area contributed by atoms with Gasteiger partial charge in [-0.2, -0.15) is 13.2 Å². The molecule has 1 saturated heterocycles. The topological polar surface area (TPSA) is 114 Å². The summed E-state index contributed by atoms with van der Waals surface area (Å²) in [7, 11) is 1.39. The molecule has 5 amide bonds. The fraction of sp³-hybridized carbons (Fsp3) is 0.154. The lowest BCUT2D eigenvalue weighted by Crippen LogP contribution is -2.30. The Kier molecular flexibility index (Phi) is 7.33. The fourth-order valence-electron chi connectivity index (χ4n) is 3.59. The number of hydrogen-bond donors (Lipinski definition) is 2. The van der Waals surface area contributed by atoms with Crippen LogP contribution in [-0.2, 0) is 28.9 Å². The Labute approximate surface area is 214 Å². The summed E-state index contributed by atoms with van der Waals surface area (Å²) in [6, 6.07) is 14.6. The molecule has 0 unspecified atom stereocenters. The number of imide groups is 2. The van der Waals surface area contributed by atoms with E-state index in [9.17, 15) is 32.3 Å². The smallest absolute Gasteiger partial charge is 0.416 e. The van der Waals surface area contributed by atoms with Gasteiger partial charge in [-0.05, 0) is 59.7 Å². The second-order valence-corrected chi connectivity index (χ2v) is 8.14. The Morgan fingerprint density at radius 1 is 0.921 bits per heavy atom. The van der Waals surface area contributed by atoms with E-state index in [4.69, 9.17) is 9.47 Å². The number of benzene rings is 3. The van der Waals surface area contributed by atoms with E-state index in [1.807, 2.05) is 5.32 Å². The third kappa shape index (κ3) is 5.91. The molecule has 196 valence electrons. The number of ether oxygens (including phenoxy) is 2. The highest BCUT2D eigenvalue weighted by molar-refractivity contribution is 6.44. The predicted molar refractivity (Wildman–Crippen MR) is 126 cm³/mol. The Bertz CT molecular complexity index is 1390. The van der Waals surface area contributed by atoms with Crippen molar-refractivity contribution < 1.29 is 41.8 Å². The zero-order valence-electron chi connectivity index (χ0n) is 19.8. The normalized spacial score (nSPS) is 13.4. The first-order valence-electron chi connectivity index (χ1n) is 11.1. The minimum Gasteiger partial charge on any atom is -0.496 e. The maximum Gasteiger partial charge on any atom is 0.416 e. The third-order valence-electron chi connectivity index (χ3n) is 5.55. The van der Waals surface area contributed by atoms with E-state index in [0.29, 0.717) is 16.9 Å². The lowest BCUT2D eigenvalue weighted by Gasteiger charge is -2.14. The number of nitrogens with zero attached hydrogens (tertiary/aromatic N) is 1. The van der Waals surface area contributed by atoms with Crippen molar-refractivity contribution in [3.05, 3.63) is 89.0 Å². The largest absolute Gasteiger partial charge is 0.496 e. The molecular formula is C26H20F3N3O6. The van der Waals surface area contributed by atoms with Gasteiger partial charge in [0.05, 0.1) is 24.8 Å². The standard InChI is InChI=1S/C26H20F3N3O6/c1-37-21-11-4-16(14-32-24(35)23(34)31-25(32)36)12-20(21)22(33)30-13-15-2-7-18(8-3-15)38-19-9-5-17(6-10-19)26(27,28)29/h2-12H,13-14H2,1H3,(H,30,33)(H,31,34,36). The first-order chi connectivity index (χ1) is 18.0. The Morgan fingerprint density at radius 3 is 2.08 bits per heavy atom. The molecule has 0 atom stereocenters. The number of alkyl halides is 3. The molecule has 0 aromatic heterocycles. The molecule has 2 N–H and O–H groups in total. The summed E-state index contributed by atoms with van der Waals surface area (Å²) in [5.41, 5.74) is 0.527. The summed E-state index contributed by atoms with van der Waals surface area (Å²) in [6.07, 6.45) is -4.43. The highest BCUT2D eigenvalue weighted by atomic mass is 19.4. The number of rotatable bonds is 8. The van der Waals surface area contributed by atoms with Gasteiger partial charge in [0.2, 0.25) is 0 Å². The Hall–Kier alpha value is -4.87. The minimum absolute atomic E-state index is 0.133. The van der Waals surface area contributed by atoms with E-state index in [0.717, 1.165) is 17.0 Å². The summed E-state index contributed by atoms with van der Waals surface area (Å²) < 4.78 is 48.9. The first kappa shape index (κ1) is 26.2. The number of carbonyl (C=O) groups is 4. The fourth-order valence-corrected chi connectivity index (χ4v) is 3.59. The number of carbonyl (C=O) groups excluding carboxylic acids is 4. The average molecular weight is 527 g/mol. The van der Waals surface area contributed by atoms with Gasteiger partial charge in [-0.25, -0.2) is 4.79 Å². The maximum absolute atomic E-state index is 12.9. The SMILES string of the molecule is COc1ccc(CN2C(=O)NC(=O)C2=O)cc1C(=O)NCc1ccc(Oc2ccc(C(F)(F)F)cc2)cc1. The van der Waals surface area contributed by atoms with Crippen LogP contribution in [0.1, 0.15) is 27.0 Å². The van der Waals surface area contributed by atoms with Crippen molar-refractivity contribution in [1.29, 1.82) is 0 Å². The van der Waals surface area contributed by atoms with Crippen LogP contribution >= 0.6 is 0 Å². The van der Waals surface area contributed by atoms with E-state index in [2.05, 4.69) is 5.32 Å². The molecule has 3 aromatic carbocycles. The highest BCUT2D eigenvalue weighted by Crippen LogP contribution is 2.31. The molecule has 1 heterocycles. The van der Waals surface area contributed by atoms with E-state index in [1.54, 1.807) is 30.3 Å². The molecule has 0 spiro atoms. The van der Waals surface area contributed by atoms with Crippen LogP contribution in [0.2, 0.25) is 0 Å². The molecule has 12 heteroatoms. The first-order valence-corrected chi connectivity index (χ1v) is 11.1. The van der Waals surface area contributed by atoms with Crippen molar-refractivity contribution in [2.75, 3.05) is 7.11 Å². The Balaban J connectivity index is 1.38. The van der Waals surface area contributed by atoms with Gasteiger partial charge >= 0.3 is 24.0 Å². The second kappa shape index (κ2) is 10.6. The minimum atomic E-state index is -4.43. The molecule has 4 rings (SSSR count). The maximum atomic E-state index is 12.9. The van der Waals surface area contributed by atoms with Crippen LogP contribution in [0.3, 0.4) is 0 Å². The molecule has 0 bridgehead atoms. The molecule has 9 nitrogen and oxygen atoms in total. The van der Waals surface area contributed by atoms with Crippen LogP contribution in [0.5, 0.6) is 17.2 Å². The summed E-state index contributed by atoms with van der Waals surface area (Å²) in [4.78, 5) is 48.6. The summed E-state index contributed by atoms with van der Waals surface area (Å²) >= 11 is 0. The number of methoxy groups -OCH3 is 1. The van der Waals surface area contributed by atoms with Gasteiger partial charge in [0, 0.05) is 6.54 Å². The summed E-state index contributed by atoms with van der Waals surface area (Å²) in [6.45, 7) is -0.0740. The predicted octanol–water partition coefficient (Wildman–Crippen LogP) is 4.01. The Morgan fingerprint density at radius 2 is 1.53 bits per heavy atom. The van der Waals surface area contributed by atoms with Crippen LogP contribution in [0.15, 0.2) is 66.7 Å². The van der Waals surface area contributed by atoms with Crippen LogP contribution < -0.4 is 20.1 Å². The average Bonchev–Trinajstić information content (AvgIpc) is 3.13. The van der Waals surface area contributed by atoms with E-state index in [-0.39, 0.29) is 30.2 Å². The van der Waals surface area contributed by atoms with Gasteiger partial charge in [-0.15, -0.1) is 0 Å². The van der Waals surface area contributed by atoms with E-state index < -0.39 is 35.5 Å². The van der Waals surface area contributed by atoms with Crippen molar-refractivity contribution in [2.24, 2.45) is 0 Å². The van der Waals surface area contributed by atoms with Crippen molar-refractivity contribution in [1.82, 2.24) is 15.5 Å². The second-order valence-electron chi connectivity index (χ2n) is 8.14. The van der Waals surface area contributed by atoms with Gasteiger partial charge in [0.25, 0.3) is 5.91 Å². The van der Waals surface area contributed by atoms with Crippen molar-refractivity contribution in [3.8, 4) is 17.2 Å². The molecule has 1 aliphatic heterocycles. The lowest BCUT2D eigenvalue weighted by atomic mass is 10.1. The van der Waals surface area contributed by atoms with E-state index in [1.165, 1.54) is 31.4 Å². The van der Waals surface area contributed by atoms with Gasteiger partial charge in [-0.3, -0.25) is 24.6 Å². The third-order valence-corrected chi connectivity index (χ3v) is 5.55. The molecule has 0 saturated carbocycles. The number of hydrogen-bond acceptors (Lipinski definition) is 6. The van der Waals surface area contributed by atoms with Gasteiger partial charge in [0.15, 0.2) is 0 Å². The van der Waals surface area contributed by atoms with Gasteiger partial charge in [0.1, 0.15) is 17.2 Å². The van der Waals surface area contributed by atoms with Crippen LogP contribution in [0.25, 0.3) is 0 Å². The molecule has 1 fully saturated rings. The van der Waals surface area contributed by atoms with Crippen LogP contribution in [0.4, 0.5) is 18.0 Å². The van der Waals surface area contributed by atoms with Crippen molar-refractivity contribution in [2.45, 2.75) is 19.3 Å². The van der Waals surface area contributed by atoms with Gasteiger partial charge < -0.3 is 14.8 Å². The quantitative estimate of drug-likeness (QED) is 0.338. The molecule has 1 aliphatic rings. The number of amides is 5. The van der Waals surface area contributed by atoms with E-state index >= 15 is 0 Å². The van der Waals surface area contributed by atoms with Crippen molar-refractivity contribution in [3.63, 3.8) is 0 Å². The molecule has 0 radical (unpaired) electrons. The number of nitrogens with one attached hydrogen (secondary N) is 2. The van der Waals surface area contributed by atoms with Crippen LogP contribution in [0, 0.1) is 0 Å². The summed E-state index contributed by atoms with van der Waals surface area (Å²) in [5, 5.41) is 4.65. The van der Waals surface area contributed by atoms with Gasteiger partial charge in [-0.1, -0.05) is 18.2 Å². The zero-order valence-corrected chi connectivity index (χ0v) is 19.8. The highest BCUT2D eigenvalue weighted by Gasteiger charge is 2.36. The monoisotopic (exact) mass is 527 g/mol. The molecular weight excluding hydrogens is 507 g/mol. The molecule has 3 aromatic rings. The summed E-state index contributed by atoms with van der Waals surface area (Å²) in [5.74, 6) is -1.58. The van der Waals surface area contributed by atoms with Crippen LogP contribution in [-0.4, -0.2) is 35.8 Å². The number of urea groups is 1. The number of halogens is 3. The van der Waals surface area contributed by atoms with Crippen molar-refractivity contribution >= 4 is 23.8 Å². The zero-order chi connectivity index (χ0) is 27.4. The molecule has 0 aliphatic carbocycles.